The molecule has 1 unspecified atom stereocenters. The van der Waals surface area contributed by atoms with Crippen molar-refractivity contribution < 1.29 is 9.59 Å². The molecule has 0 bridgehead atoms. The van der Waals surface area contributed by atoms with Crippen LogP contribution in [0, 0.1) is 28.6 Å². The molecule has 0 heterocycles. The van der Waals surface area contributed by atoms with E-state index in [2.05, 4.69) is 19.2 Å². The Morgan fingerprint density at radius 1 is 1.12 bits per heavy atom. The number of amides is 2. The fourth-order valence-electron chi connectivity index (χ4n) is 6.97. The van der Waals surface area contributed by atoms with E-state index in [1.54, 1.807) is 0 Å². The number of rotatable bonds is 1. The third-order valence-electron chi connectivity index (χ3n) is 8.28. The Bertz CT molecular complexity index is 613. The number of fused-ring (bicyclic) bond motifs is 5. The van der Waals surface area contributed by atoms with Gasteiger partial charge in [0.05, 0.1) is 0 Å². The first-order chi connectivity index (χ1) is 11.3. The summed E-state index contributed by atoms with van der Waals surface area (Å²) in [6.45, 7) is 4.79. The van der Waals surface area contributed by atoms with Gasteiger partial charge in [0.25, 0.3) is 0 Å². The van der Waals surface area contributed by atoms with Gasteiger partial charge in [-0.1, -0.05) is 19.4 Å². The second kappa shape index (κ2) is 5.34. The minimum absolute atomic E-state index is 0.193. The summed E-state index contributed by atoms with van der Waals surface area (Å²) in [5.74, 6) is 2.45. The molecule has 0 aromatic heterocycles. The smallest absolute Gasteiger partial charge is 0.312 e. The number of primary amides is 1. The normalized spacial score (nSPS) is 47.2. The van der Waals surface area contributed by atoms with E-state index < -0.39 is 0 Å². The van der Waals surface area contributed by atoms with Gasteiger partial charge in [-0.2, -0.15) is 0 Å². The number of hydrogen-bond donors (Lipinski definition) is 2. The summed E-state index contributed by atoms with van der Waals surface area (Å²) in [7, 11) is 0. The van der Waals surface area contributed by atoms with Crippen LogP contribution in [0.3, 0.4) is 0 Å². The van der Waals surface area contributed by atoms with Crippen LogP contribution < -0.4 is 11.1 Å². The summed E-state index contributed by atoms with van der Waals surface area (Å²) in [6.07, 6.45) is 10.7. The van der Waals surface area contributed by atoms with Crippen LogP contribution >= 0.6 is 0 Å². The quantitative estimate of drug-likeness (QED) is 0.771. The molecule has 4 heteroatoms. The van der Waals surface area contributed by atoms with E-state index in [1.807, 2.05) is 6.08 Å². The maximum absolute atomic E-state index is 11.9. The van der Waals surface area contributed by atoms with Gasteiger partial charge in [0.1, 0.15) is 0 Å². The lowest BCUT2D eigenvalue weighted by molar-refractivity contribution is -0.117. The molecular formula is C20H30N2O2. The van der Waals surface area contributed by atoms with E-state index in [1.165, 1.54) is 31.3 Å². The SMILES string of the molecule is C[C@]12CCC(=O)C=C1CC[C@@H]1[C@H]2CC[C@]2(C)C(NC(N)=O)CC[C@@H]12. The van der Waals surface area contributed by atoms with Gasteiger partial charge in [0.2, 0.25) is 0 Å². The van der Waals surface area contributed by atoms with Crippen molar-refractivity contribution in [1.82, 2.24) is 5.32 Å². The molecule has 24 heavy (non-hydrogen) atoms. The molecule has 3 fully saturated rings. The Kier molecular flexibility index (Phi) is 3.59. The van der Waals surface area contributed by atoms with Gasteiger partial charge in [0, 0.05) is 12.5 Å². The number of ketones is 1. The largest absolute Gasteiger partial charge is 0.352 e. The van der Waals surface area contributed by atoms with E-state index in [0.29, 0.717) is 17.6 Å². The fourth-order valence-corrected chi connectivity index (χ4v) is 6.97. The lowest BCUT2D eigenvalue weighted by Gasteiger charge is -2.58. The molecule has 4 nitrogen and oxygen atoms in total. The first-order valence-corrected chi connectivity index (χ1v) is 9.64. The zero-order valence-electron chi connectivity index (χ0n) is 14.9. The molecule has 0 aromatic rings. The zero-order valence-corrected chi connectivity index (χ0v) is 14.9. The van der Waals surface area contributed by atoms with Gasteiger partial charge in [-0.05, 0) is 79.6 Å². The lowest BCUT2D eigenvalue weighted by atomic mass is 9.47. The first-order valence-electron chi connectivity index (χ1n) is 9.64. The highest BCUT2D eigenvalue weighted by Gasteiger charge is 2.59. The molecule has 0 saturated heterocycles. The summed E-state index contributed by atoms with van der Waals surface area (Å²) < 4.78 is 0. The van der Waals surface area contributed by atoms with Crippen LogP contribution in [0.4, 0.5) is 4.79 Å². The number of nitrogens with one attached hydrogen (secondary N) is 1. The van der Waals surface area contributed by atoms with Crippen LogP contribution in [0.2, 0.25) is 0 Å². The Hall–Kier alpha value is -1.32. The number of allylic oxidation sites excluding steroid dienone is 1. The van der Waals surface area contributed by atoms with Gasteiger partial charge in [-0.3, -0.25) is 4.79 Å². The second-order valence-electron chi connectivity index (χ2n) is 9.15. The number of hydrogen-bond acceptors (Lipinski definition) is 2. The third kappa shape index (κ3) is 2.18. The monoisotopic (exact) mass is 330 g/mol. The summed E-state index contributed by atoms with van der Waals surface area (Å²) in [5.41, 5.74) is 7.26. The molecule has 132 valence electrons. The van der Waals surface area contributed by atoms with E-state index in [-0.39, 0.29) is 22.9 Å². The van der Waals surface area contributed by atoms with Crippen molar-refractivity contribution >= 4 is 11.8 Å². The van der Waals surface area contributed by atoms with Crippen LogP contribution in [-0.4, -0.2) is 17.9 Å². The molecule has 0 radical (unpaired) electrons. The number of urea groups is 1. The van der Waals surface area contributed by atoms with Crippen molar-refractivity contribution in [2.24, 2.45) is 34.3 Å². The van der Waals surface area contributed by atoms with Crippen LogP contribution in [0.15, 0.2) is 11.6 Å². The number of carbonyl (C=O) groups is 2. The van der Waals surface area contributed by atoms with Crippen molar-refractivity contribution in [3.63, 3.8) is 0 Å². The third-order valence-corrected chi connectivity index (χ3v) is 8.28. The van der Waals surface area contributed by atoms with E-state index in [4.69, 9.17) is 5.73 Å². The van der Waals surface area contributed by atoms with Crippen molar-refractivity contribution in [3.8, 4) is 0 Å². The topological polar surface area (TPSA) is 72.2 Å². The highest BCUT2D eigenvalue weighted by molar-refractivity contribution is 5.91. The highest BCUT2D eigenvalue weighted by atomic mass is 16.2. The maximum atomic E-state index is 11.9. The van der Waals surface area contributed by atoms with Gasteiger partial charge < -0.3 is 11.1 Å². The average molecular weight is 330 g/mol. The van der Waals surface area contributed by atoms with Gasteiger partial charge in [0.15, 0.2) is 5.78 Å². The number of nitrogens with two attached hydrogens (primary N) is 1. The van der Waals surface area contributed by atoms with Crippen molar-refractivity contribution in [2.75, 3.05) is 0 Å². The minimum Gasteiger partial charge on any atom is -0.352 e. The maximum Gasteiger partial charge on any atom is 0.312 e. The molecule has 3 N–H and O–H groups in total. The van der Waals surface area contributed by atoms with Crippen LogP contribution in [0.1, 0.15) is 65.2 Å². The molecule has 0 aliphatic heterocycles. The Morgan fingerprint density at radius 3 is 2.67 bits per heavy atom. The summed E-state index contributed by atoms with van der Waals surface area (Å²) in [6, 6.07) is -0.144. The predicted octanol–water partition coefficient (Wildman–Crippen LogP) is 3.56. The minimum atomic E-state index is -0.379. The lowest BCUT2D eigenvalue weighted by Crippen LogP contribution is -2.54. The standard InChI is InChI=1S/C20H30N2O2/c1-19-9-7-13(23)11-12(19)3-4-14-15-5-6-17(22-18(21)24)20(15,2)10-8-16(14)19/h11,14-17H,3-10H2,1-2H3,(H3,21,22,24)/t14-,15-,16+,17?,19-,20-/m0/s1. The zero-order chi connectivity index (χ0) is 17.1. The van der Waals surface area contributed by atoms with Crippen LogP contribution in [0.5, 0.6) is 0 Å². The summed E-state index contributed by atoms with van der Waals surface area (Å²) in [5, 5.41) is 3.03. The Labute approximate surface area is 144 Å². The van der Waals surface area contributed by atoms with Crippen LogP contribution in [0.25, 0.3) is 0 Å². The van der Waals surface area contributed by atoms with Crippen LogP contribution in [-0.2, 0) is 4.79 Å². The Balaban J connectivity index is 1.62. The molecule has 4 rings (SSSR count). The molecule has 6 atom stereocenters. The second-order valence-corrected chi connectivity index (χ2v) is 9.15. The van der Waals surface area contributed by atoms with E-state index in [0.717, 1.165) is 31.6 Å². The van der Waals surface area contributed by atoms with E-state index in [9.17, 15) is 9.59 Å². The highest BCUT2D eigenvalue weighted by Crippen LogP contribution is 2.65. The molecule has 0 aromatic carbocycles. The average Bonchev–Trinajstić information content (AvgIpc) is 2.84. The first kappa shape index (κ1) is 16.2. The van der Waals surface area contributed by atoms with Crippen molar-refractivity contribution in [2.45, 2.75) is 71.3 Å². The molecule has 0 spiro atoms. The summed E-state index contributed by atoms with van der Waals surface area (Å²) >= 11 is 0. The number of carbonyl (C=O) groups excluding carboxylic acids is 2. The Morgan fingerprint density at radius 2 is 1.92 bits per heavy atom. The van der Waals surface area contributed by atoms with Gasteiger partial charge in [-0.25, -0.2) is 4.79 Å². The van der Waals surface area contributed by atoms with Crippen molar-refractivity contribution in [3.05, 3.63) is 11.6 Å². The molecule has 4 aliphatic carbocycles. The fraction of sp³-hybridized carbons (Fsp3) is 0.800. The predicted molar refractivity (Wildman–Crippen MR) is 93.2 cm³/mol. The van der Waals surface area contributed by atoms with Gasteiger partial charge >= 0.3 is 6.03 Å². The van der Waals surface area contributed by atoms with Crippen molar-refractivity contribution in [1.29, 1.82) is 0 Å². The molecular weight excluding hydrogens is 300 g/mol. The molecule has 3 saturated carbocycles. The summed E-state index contributed by atoms with van der Waals surface area (Å²) in [4.78, 5) is 23.3. The van der Waals surface area contributed by atoms with Gasteiger partial charge in [-0.15, -0.1) is 0 Å². The molecule has 4 aliphatic rings. The van der Waals surface area contributed by atoms with E-state index >= 15 is 0 Å². The molecule has 2 amide bonds.